The number of halogens is 1. The van der Waals surface area contributed by atoms with Crippen LogP contribution in [0.15, 0.2) is 28.7 Å². The zero-order chi connectivity index (χ0) is 8.10. The van der Waals surface area contributed by atoms with Gasteiger partial charge in [0.05, 0.1) is 0 Å². The van der Waals surface area contributed by atoms with E-state index in [9.17, 15) is 0 Å². The first-order chi connectivity index (χ1) is 5.33. The molecule has 0 aromatic heterocycles. The van der Waals surface area contributed by atoms with Gasteiger partial charge in [-0.25, -0.2) is 0 Å². The van der Waals surface area contributed by atoms with Gasteiger partial charge in [-0.05, 0) is 17.7 Å². The largest absolute Gasteiger partial charge is 0.319 e. The van der Waals surface area contributed by atoms with Crippen molar-refractivity contribution in [1.29, 1.82) is 5.26 Å². The van der Waals surface area contributed by atoms with Crippen LogP contribution in [-0.2, 0) is 6.54 Å². The van der Waals surface area contributed by atoms with E-state index in [1.54, 1.807) is 0 Å². The molecule has 0 aliphatic rings. The number of hydrogen-bond acceptors (Lipinski definition) is 2. The molecule has 1 aromatic carbocycles. The number of rotatable bonds is 2. The fourth-order valence-electron chi connectivity index (χ4n) is 0.789. The topological polar surface area (TPSA) is 35.8 Å². The van der Waals surface area contributed by atoms with Crippen LogP contribution in [0.5, 0.6) is 0 Å². The summed E-state index contributed by atoms with van der Waals surface area (Å²) in [6.07, 6.45) is 1.87. The number of nitrogens with zero attached hydrogens (tertiary/aromatic N) is 1. The normalized spacial score (nSPS) is 8.73. The SMILES string of the molecule is N#CNCc1cccc(Br)c1. The highest BCUT2D eigenvalue weighted by Crippen LogP contribution is 2.10. The first-order valence-corrected chi connectivity index (χ1v) is 3.98. The maximum atomic E-state index is 8.22. The lowest BCUT2D eigenvalue weighted by Gasteiger charge is -1.97. The maximum absolute atomic E-state index is 8.22. The molecule has 0 bridgehead atoms. The minimum Gasteiger partial charge on any atom is -0.319 e. The average Bonchev–Trinajstić information content (AvgIpc) is 2.01. The van der Waals surface area contributed by atoms with Crippen molar-refractivity contribution < 1.29 is 0 Å². The zero-order valence-corrected chi connectivity index (χ0v) is 7.43. The lowest BCUT2D eigenvalue weighted by Crippen LogP contribution is -2.03. The molecule has 1 N–H and O–H groups in total. The molecule has 0 unspecified atom stereocenters. The minimum atomic E-state index is 0.593. The van der Waals surface area contributed by atoms with E-state index >= 15 is 0 Å². The molecule has 0 atom stereocenters. The van der Waals surface area contributed by atoms with Gasteiger partial charge in [-0.3, -0.25) is 0 Å². The van der Waals surface area contributed by atoms with Crippen molar-refractivity contribution in [2.45, 2.75) is 6.54 Å². The molecule has 1 aromatic rings. The summed E-state index contributed by atoms with van der Waals surface area (Å²) in [4.78, 5) is 0. The molecule has 0 heterocycles. The highest BCUT2D eigenvalue weighted by molar-refractivity contribution is 9.10. The molecule has 0 amide bonds. The number of nitriles is 1. The van der Waals surface area contributed by atoms with Gasteiger partial charge < -0.3 is 5.32 Å². The molecule has 11 heavy (non-hydrogen) atoms. The third-order valence-corrected chi connectivity index (χ3v) is 1.75. The Morgan fingerprint density at radius 3 is 3.00 bits per heavy atom. The predicted octanol–water partition coefficient (Wildman–Crippen LogP) is 2.02. The monoisotopic (exact) mass is 210 g/mol. The number of benzene rings is 1. The smallest absolute Gasteiger partial charge is 0.176 e. The van der Waals surface area contributed by atoms with Crippen LogP contribution >= 0.6 is 15.9 Å². The highest BCUT2D eigenvalue weighted by atomic mass is 79.9. The molecule has 0 saturated carbocycles. The first kappa shape index (κ1) is 8.09. The van der Waals surface area contributed by atoms with Crippen molar-refractivity contribution in [3.05, 3.63) is 34.3 Å². The van der Waals surface area contributed by atoms with Crippen LogP contribution in [0.1, 0.15) is 5.56 Å². The van der Waals surface area contributed by atoms with Crippen molar-refractivity contribution in [1.82, 2.24) is 5.32 Å². The molecule has 56 valence electrons. The van der Waals surface area contributed by atoms with Crippen LogP contribution in [0.3, 0.4) is 0 Å². The van der Waals surface area contributed by atoms with Crippen molar-refractivity contribution >= 4 is 15.9 Å². The Hall–Kier alpha value is -1.01. The van der Waals surface area contributed by atoms with Gasteiger partial charge in [-0.15, -0.1) is 0 Å². The van der Waals surface area contributed by atoms with Crippen LogP contribution in [0.4, 0.5) is 0 Å². The molecule has 0 saturated heterocycles. The molecule has 0 aliphatic heterocycles. The molecule has 3 heteroatoms. The summed E-state index contributed by atoms with van der Waals surface area (Å²) in [6, 6.07) is 7.84. The third kappa shape index (κ3) is 2.60. The van der Waals surface area contributed by atoms with Crippen LogP contribution in [-0.4, -0.2) is 0 Å². The molecular formula is C8H7BrN2. The van der Waals surface area contributed by atoms with E-state index in [-0.39, 0.29) is 0 Å². The van der Waals surface area contributed by atoms with E-state index in [0.717, 1.165) is 10.0 Å². The molecule has 0 aliphatic carbocycles. The lowest BCUT2D eigenvalue weighted by molar-refractivity contribution is 0.883. The summed E-state index contributed by atoms with van der Waals surface area (Å²) in [5.41, 5.74) is 1.10. The van der Waals surface area contributed by atoms with Crippen LogP contribution in [0, 0.1) is 11.5 Å². The van der Waals surface area contributed by atoms with Gasteiger partial charge >= 0.3 is 0 Å². The van der Waals surface area contributed by atoms with Crippen LogP contribution in [0.2, 0.25) is 0 Å². The Labute approximate surface area is 74.0 Å². The minimum absolute atomic E-state index is 0.593. The average molecular weight is 211 g/mol. The second kappa shape index (κ2) is 3.99. The molecule has 1 rings (SSSR count). The van der Waals surface area contributed by atoms with E-state index in [1.165, 1.54) is 0 Å². The highest BCUT2D eigenvalue weighted by Gasteiger charge is 1.90. The third-order valence-electron chi connectivity index (χ3n) is 1.26. The summed E-state index contributed by atoms with van der Waals surface area (Å²) in [5, 5.41) is 10.8. The second-order valence-corrected chi connectivity index (χ2v) is 3.01. The Morgan fingerprint density at radius 2 is 2.36 bits per heavy atom. The van der Waals surface area contributed by atoms with E-state index < -0.39 is 0 Å². The van der Waals surface area contributed by atoms with Gasteiger partial charge in [0.25, 0.3) is 0 Å². The number of nitrogens with one attached hydrogen (secondary N) is 1. The fraction of sp³-hybridized carbons (Fsp3) is 0.125. The van der Waals surface area contributed by atoms with Crippen molar-refractivity contribution in [3.8, 4) is 6.19 Å². The Kier molecular flexibility index (Phi) is 2.94. The van der Waals surface area contributed by atoms with Crippen LogP contribution < -0.4 is 5.32 Å². The lowest BCUT2D eigenvalue weighted by atomic mass is 10.2. The Bertz CT molecular complexity index is 278. The van der Waals surface area contributed by atoms with E-state index in [4.69, 9.17) is 5.26 Å². The van der Waals surface area contributed by atoms with Gasteiger partial charge in [-0.2, -0.15) is 5.26 Å². The standard InChI is InChI=1S/C8H7BrN2/c9-8-3-1-2-7(4-8)5-11-6-10/h1-4,11H,5H2. The van der Waals surface area contributed by atoms with Gasteiger partial charge in [0.2, 0.25) is 0 Å². The summed E-state index contributed by atoms with van der Waals surface area (Å²) in [7, 11) is 0. The summed E-state index contributed by atoms with van der Waals surface area (Å²) in [5.74, 6) is 0. The van der Waals surface area contributed by atoms with Crippen molar-refractivity contribution in [2.75, 3.05) is 0 Å². The van der Waals surface area contributed by atoms with E-state index in [0.29, 0.717) is 6.54 Å². The Morgan fingerprint density at radius 1 is 1.55 bits per heavy atom. The quantitative estimate of drug-likeness (QED) is 0.600. The van der Waals surface area contributed by atoms with Crippen molar-refractivity contribution in [3.63, 3.8) is 0 Å². The van der Waals surface area contributed by atoms with Gasteiger partial charge in [0.1, 0.15) is 0 Å². The van der Waals surface area contributed by atoms with Gasteiger partial charge in [-0.1, -0.05) is 28.1 Å². The molecule has 0 fully saturated rings. The molecule has 0 spiro atoms. The maximum Gasteiger partial charge on any atom is 0.176 e. The second-order valence-electron chi connectivity index (χ2n) is 2.10. The van der Waals surface area contributed by atoms with E-state index in [1.807, 2.05) is 30.5 Å². The molecular weight excluding hydrogens is 204 g/mol. The zero-order valence-electron chi connectivity index (χ0n) is 5.84. The fourth-order valence-corrected chi connectivity index (χ4v) is 1.24. The van der Waals surface area contributed by atoms with Gasteiger partial charge in [0, 0.05) is 11.0 Å². The predicted molar refractivity (Wildman–Crippen MR) is 46.6 cm³/mol. The molecule has 2 nitrogen and oxygen atoms in total. The summed E-state index contributed by atoms with van der Waals surface area (Å²) < 4.78 is 1.04. The number of hydrogen-bond donors (Lipinski definition) is 1. The van der Waals surface area contributed by atoms with Gasteiger partial charge in [0.15, 0.2) is 6.19 Å². The molecule has 0 radical (unpaired) electrons. The Balaban J connectivity index is 2.65. The first-order valence-electron chi connectivity index (χ1n) is 3.19. The van der Waals surface area contributed by atoms with E-state index in [2.05, 4.69) is 21.2 Å². The van der Waals surface area contributed by atoms with Crippen LogP contribution in [0.25, 0.3) is 0 Å². The summed E-state index contributed by atoms with van der Waals surface area (Å²) >= 11 is 3.34. The summed E-state index contributed by atoms with van der Waals surface area (Å²) in [6.45, 7) is 0.593. The van der Waals surface area contributed by atoms with Crippen molar-refractivity contribution in [2.24, 2.45) is 0 Å².